The predicted molar refractivity (Wildman–Crippen MR) is 65.8 cm³/mol. The Labute approximate surface area is 102 Å². The molecule has 2 heterocycles. The molecule has 1 saturated heterocycles. The molecule has 0 radical (unpaired) electrons. The molecule has 0 saturated carbocycles. The van der Waals surface area contributed by atoms with Crippen LogP contribution in [0, 0.1) is 5.92 Å². The summed E-state index contributed by atoms with van der Waals surface area (Å²) in [5.74, 6) is 0.637. The van der Waals surface area contributed by atoms with E-state index < -0.39 is 0 Å². The Kier molecular flexibility index (Phi) is 3.78. The van der Waals surface area contributed by atoms with Crippen molar-refractivity contribution in [3.63, 3.8) is 0 Å². The van der Waals surface area contributed by atoms with E-state index in [4.69, 9.17) is 0 Å². The summed E-state index contributed by atoms with van der Waals surface area (Å²) < 4.78 is 1.66. The number of aryl methyl sites for hydroxylation is 1. The molecule has 1 unspecified atom stereocenters. The first-order chi connectivity index (χ1) is 8.16. The molecule has 5 heteroatoms. The first-order valence-corrected chi connectivity index (χ1v) is 6.11. The maximum Gasteiger partial charge on any atom is 0.256 e. The third-order valence-electron chi connectivity index (χ3n) is 3.23. The van der Waals surface area contributed by atoms with Gasteiger partial charge in [0.2, 0.25) is 0 Å². The molecule has 1 aliphatic heterocycles. The molecule has 0 aromatic carbocycles. The van der Waals surface area contributed by atoms with Crippen LogP contribution in [0.5, 0.6) is 0 Å². The van der Waals surface area contributed by atoms with Crippen molar-refractivity contribution >= 4 is 5.91 Å². The van der Waals surface area contributed by atoms with Gasteiger partial charge in [-0.2, -0.15) is 5.10 Å². The van der Waals surface area contributed by atoms with Crippen LogP contribution in [0.3, 0.4) is 0 Å². The zero-order valence-corrected chi connectivity index (χ0v) is 10.5. The zero-order valence-electron chi connectivity index (χ0n) is 10.5. The number of aromatic nitrogens is 2. The van der Waals surface area contributed by atoms with Gasteiger partial charge in [0.05, 0.1) is 11.8 Å². The minimum Gasteiger partial charge on any atom is -0.341 e. The summed E-state index contributed by atoms with van der Waals surface area (Å²) in [6.07, 6.45) is 5.80. The minimum atomic E-state index is 0.0590. The summed E-state index contributed by atoms with van der Waals surface area (Å²) in [5, 5.41) is 7.39. The Bertz CT molecular complexity index is 382. The normalized spacial score (nSPS) is 20.2. The number of carbonyl (C=O) groups excluding carboxylic acids is 1. The fourth-order valence-electron chi connectivity index (χ4n) is 2.30. The second-order valence-corrected chi connectivity index (χ2v) is 4.80. The van der Waals surface area contributed by atoms with Gasteiger partial charge in [0.25, 0.3) is 5.91 Å². The molecular formula is C12H20N4O. The van der Waals surface area contributed by atoms with Crippen molar-refractivity contribution < 1.29 is 4.79 Å². The molecule has 0 aliphatic carbocycles. The van der Waals surface area contributed by atoms with Crippen LogP contribution in [0.25, 0.3) is 0 Å². The number of carbonyl (C=O) groups is 1. The summed E-state index contributed by atoms with van der Waals surface area (Å²) >= 11 is 0. The highest BCUT2D eigenvalue weighted by atomic mass is 16.2. The average molecular weight is 236 g/mol. The van der Waals surface area contributed by atoms with E-state index in [1.165, 1.54) is 12.8 Å². The maximum absolute atomic E-state index is 12.1. The predicted octanol–water partition coefficient (Wildman–Crippen LogP) is 0.492. The molecule has 17 heavy (non-hydrogen) atoms. The van der Waals surface area contributed by atoms with Crippen molar-refractivity contribution in [2.24, 2.45) is 13.0 Å². The standard InChI is InChI=1S/C12H20N4O/c1-15(8-10-4-3-5-13-6-10)12(17)11-7-14-16(2)9-11/h7,9-10,13H,3-6,8H2,1-2H3. The lowest BCUT2D eigenvalue weighted by Gasteiger charge is -2.27. The van der Waals surface area contributed by atoms with Crippen LogP contribution in [-0.2, 0) is 7.05 Å². The Morgan fingerprint density at radius 3 is 3.12 bits per heavy atom. The summed E-state index contributed by atoms with van der Waals surface area (Å²) in [6.45, 7) is 2.95. The molecule has 5 nitrogen and oxygen atoms in total. The van der Waals surface area contributed by atoms with Gasteiger partial charge in [-0.05, 0) is 31.8 Å². The number of hydrogen-bond donors (Lipinski definition) is 1. The fourth-order valence-corrected chi connectivity index (χ4v) is 2.30. The van der Waals surface area contributed by atoms with Crippen LogP contribution in [-0.4, -0.2) is 47.3 Å². The quantitative estimate of drug-likeness (QED) is 0.831. The summed E-state index contributed by atoms with van der Waals surface area (Å²) in [5.41, 5.74) is 0.666. The summed E-state index contributed by atoms with van der Waals surface area (Å²) in [6, 6.07) is 0. The first kappa shape index (κ1) is 12.1. The number of nitrogens with one attached hydrogen (secondary N) is 1. The Morgan fingerprint density at radius 1 is 1.71 bits per heavy atom. The van der Waals surface area contributed by atoms with Crippen LogP contribution in [0.1, 0.15) is 23.2 Å². The minimum absolute atomic E-state index is 0.0590. The van der Waals surface area contributed by atoms with E-state index in [2.05, 4.69) is 10.4 Å². The van der Waals surface area contributed by atoms with Crippen LogP contribution in [0.2, 0.25) is 0 Å². The van der Waals surface area contributed by atoms with Gasteiger partial charge in [-0.25, -0.2) is 0 Å². The topological polar surface area (TPSA) is 50.2 Å². The SMILES string of the molecule is CN(CC1CCCNC1)C(=O)c1cnn(C)c1. The first-order valence-electron chi connectivity index (χ1n) is 6.11. The van der Waals surface area contributed by atoms with Crippen LogP contribution in [0.4, 0.5) is 0 Å². The van der Waals surface area contributed by atoms with Crippen LogP contribution >= 0.6 is 0 Å². The average Bonchev–Trinajstić information content (AvgIpc) is 2.76. The third kappa shape index (κ3) is 3.06. The highest BCUT2D eigenvalue weighted by Crippen LogP contribution is 2.12. The van der Waals surface area contributed by atoms with Crippen LogP contribution in [0.15, 0.2) is 12.4 Å². The molecule has 1 amide bonds. The molecule has 1 fully saturated rings. The maximum atomic E-state index is 12.1. The molecule has 94 valence electrons. The van der Waals surface area contributed by atoms with E-state index in [1.807, 2.05) is 14.1 Å². The number of amides is 1. The lowest BCUT2D eigenvalue weighted by atomic mass is 9.99. The van der Waals surface area contributed by atoms with E-state index in [0.29, 0.717) is 11.5 Å². The molecule has 1 atom stereocenters. The lowest BCUT2D eigenvalue weighted by molar-refractivity contribution is 0.0764. The van der Waals surface area contributed by atoms with Crippen molar-refractivity contribution in [2.75, 3.05) is 26.7 Å². The molecule has 1 N–H and O–H groups in total. The number of rotatable bonds is 3. The Hall–Kier alpha value is -1.36. The Morgan fingerprint density at radius 2 is 2.53 bits per heavy atom. The molecule has 2 rings (SSSR count). The van der Waals surface area contributed by atoms with Gasteiger partial charge in [0.1, 0.15) is 0 Å². The van der Waals surface area contributed by atoms with Crippen molar-refractivity contribution in [2.45, 2.75) is 12.8 Å². The van der Waals surface area contributed by atoms with E-state index in [-0.39, 0.29) is 5.91 Å². The smallest absolute Gasteiger partial charge is 0.256 e. The van der Waals surface area contributed by atoms with E-state index in [9.17, 15) is 4.79 Å². The monoisotopic (exact) mass is 236 g/mol. The molecular weight excluding hydrogens is 216 g/mol. The number of piperidine rings is 1. The molecule has 1 aromatic rings. The highest BCUT2D eigenvalue weighted by molar-refractivity contribution is 5.93. The highest BCUT2D eigenvalue weighted by Gasteiger charge is 2.19. The summed E-state index contributed by atoms with van der Waals surface area (Å²) in [4.78, 5) is 13.9. The van der Waals surface area contributed by atoms with Gasteiger partial charge in [-0.1, -0.05) is 0 Å². The van der Waals surface area contributed by atoms with Crippen molar-refractivity contribution in [3.8, 4) is 0 Å². The molecule has 0 spiro atoms. The zero-order chi connectivity index (χ0) is 12.3. The summed E-state index contributed by atoms with van der Waals surface area (Å²) in [7, 11) is 3.69. The van der Waals surface area contributed by atoms with E-state index in [0.717, 1.165) is 19.6 Å². The Balaban J connectivity index is 1.90. The molecule has 0 bridgehead atoms. The largest absolute Gasteiger partial charge is 0.341 e. The second kappa shape index (κ2) is 5.31. The third-order valence-corrected chi connectivity index (χ3v) is 3.23. The van der Waals surface area contributed by atoms with Gasteiger partial charge in [0.15, 0.2) is 0 Å². The molecule has 1 aromatic heterocycles. The van der Waals surface area contributed by atoms with Gasteiger partial charge in [0, 0.05) is 26.8 Å². The second-order valence-electron chi connectivity index (χ2n) is 4.80. The van der Waals surface area contributed by atoms with E-state index in [1.54, 1.807) is 22.0 Å². The number of hydrogen-bond acceptors (Lipinski definition) is 3. The number of nitrogens with zero attached hydrogens (tertiary/aromatic N) is 3. The molecule has 1 aliphatic rings. The van der Waals surface area contributed by atoms with E-state index >= 15 is 0 Å². The van der Waals surface area contributed by atoms with Crippen LogP contribution < -0.4 is 5.32 Å². The van der Waals surface area contributed by atoms with Gasteiger partial charge in [-0.15, -0.1) is 0 Å². The van der Waals surface area contributed by atoms with Crippen molar-refractivity contribution in [1.82, 2.24) is 20.0 Å². The van der Waals surface area contributed by atoms with Gasteiger partial charge < -0.3 is 10.2 Å². The lowest BCUT2D eigenvalue weighted by Crippen LogP contribution is -2.39. The van der Waals surface area contributed by atoms with Crippen molar-refractivity contribution in [1.29, 1.82) is 0 Å². The van der Waals surface area contributed by atoms with Crippen molar-refractivity contribution in [3.05, 3.63) is 18.0 Å². The van der Waals surface area contributed by atoms with Gasteiger partial charge in [-0.3, -0.25) is 9.48 Å². The van der Waals surface area contributed by atoms with Gasteiger partial charge >= 0.3 is 0 Å². The fraction of sp³-hybridized carbons (Fsp3) is 0.667.